The van der Waals surface area contributed by atoms with Gasteiger partial charge in [-0.15, -0.1) is 0 Å². The predicted octanol–water partition coefficient (Wildman–Crippen LogP) is 2.38. The Morgan fingerprint density at radius 2 is 1.76 bits per heavy atom. The Balaban J connectivity index is 3.83. The quantitative estimate of drug-likeness (QED) is 0.666. The number of amides is 1. The lowest BCUT2D eigenvalue weighted by Crippen LogP contribution is -2.33. The first-order chi connectivity index (χ1) is 7.84. The Kier molecular flexibility index (Phi) is 7.59. The van der Waals surface area contributed by atoms with E-state index in [1.165, 1.54) is 0 Å². The van der Waals surface area contributed by atoms with Crippen LogP contribution in [0.1, 0.15) is 47.0 Å². The minimum atomic E-state index is -0.740. The molecule has 0 aliphatic heterocycles. The van der Waals surface area contributed by atoms with E-state index >= 15 is 0 Å². The summed E-state index contributed by atoms with van der Waals surface area (Å²) >= 11 is 0. The van der Waals surface area contributed by atoms with Gasteiger partial charge in [0.15, 0.2) is 0 Å². The summed E-state index contributed by atoms with van der Waals surface area (Å²) in [6.07, 6.45) is 2.42. The summed E-state index contributed by atoms with van der Waals surface area (Å²) in [6.45, 7) is 9.00. The van der Waals surface area contributed by atoms with Crippen molar-refractivity contribution in [3.63, 3.8) is 0 Å². The van der Waals surface area contributed by atoms with Crippen molar-refractivity contribution in [3.05, 3.63) is 0 Å². The monoisotopic (exact) mass is 243 g/mol. The fourth-order valence-electron chi connectivity index (χ4n) is 1.69. The van der Waals surface area contributed by atoms with Gasteiger partial charge in [-0.3, -0.25) is 9.59 Å². The van der Waals surface area contributed by atoms with Gasteiger partial charge in [0.05, 0.1) is 5.92 Å². The first kappa shape index (κ1) is 15.9. The number of carboxylic acids is 1. The van der Waals surface area contributed by atoms with Gasteiger partial charge >= 0.3 is 5.97 Å². The minimum absolute atomic E-state index is 0.102. The van der Waals surface area contributed by atoms with E-state index in [0.717, 1.165) is 25.9 Å². The van der Waals surface area contributed by atoms with E-state index in [-0.39, 0.29) is 11.8 Å². The zero-order chi connectivity index (χ0) is 13.4. The Bertz CT molecular complexity index is 251. The van der Waals surface area contributed by atoms with Crippen LogP contribution in [-0.2, 0) is 9.59 Å². The molecule has 0 bridgehead atoms. The molecule has 1 unspecified atom stereocenters. The molecule has 0 spiro atoms. The third kappa shape index (κ3) is 7.77. The average Bonchev–Trinajstić information content (AvgIpc) is 2.21. The van der Waals surface area contributed by atoms with Gasteiger partial charge in [-0.25, -0.2) is 0 Å². The maximum absolute atomic E-state index is 11.3. The molecule has 0 aromatic rings. The van der Waals surface area contributed by atoms with Crippen molar-refractivity contribution in [2.75, 3.05) is 13.1 Å². The standard InChI is InChI=1S/C13H25NO3/c1-10(2)9-14(12(4)15)8-6-5-7-11(3)13(16)17/h10-11H,5-9H2,1-4H3,(H,16,17). The maximum Gasteiger partial charge on any atom is 0.306 e. The third-order valence-corrected chi connectivity index (χ3v) is 2.77. The van der Waals surface area contributed by atoms with E-state index in [2.05, 4.69) is 13.8 Å². The molecule has 0 saturated heterocycles. The SMILES string of the molecule is CC(=O)N(CCCCC(C)C(=O)O)CC(C)C. The number of hydrogen-bond acceptors (Lipinski definition) is 2. The second kappa shape index (κ2) is 8.09. The highest BCUT2D eigenvalue weighted by atomic mass is 16.4. The summed E-state index contributed by atoms with van der Waals surface area (Å²) in [5.74, 6) is -0.455. The van der Waals surface area contributed by atoms with Crippen LogP contribution in [0.4, 0.5) is 0 Å². The van der Waals surface area contributed by atoms with Gasteiger partial charge in [-0.1, -0.05) is 27.2 Å². The van der Waals surface area contributed by atoms with E-state index in [0.29, 0.717) is 12.3 Å². The minimum Gasteiger partial charge on any atom is -0.481 e. The molecule has 4 nitrogen and oxygen atoms in total. The number of unbranched alkanes of at least 4 members (excludes halogenated alkanes) is 1. The van der Waals surface area contributed by atoms with Gasteiger partial charge in [0.1, 0.15) is 0 Å². The van der Waals surface area contributed by atoms with E-state index in [9.17, 15) is 9.59 Å². The predicted molar refractivity (Wildman–Crippen MR) is 67.7 cm³/mol. The fourth-order valence-corrected chi connectivity index (χ4v) is 1.69. The Hall–Kier alpha value is -1.06. The van der Waals surface area contributed by atoms with Crippen LogP contribution in [0.25, 0.3) is 0 Å². The molecule has 0 aliphatic rings. The topological polar surface area (TPSA) is 57.6 Å². The van der Waals surface area contributed by atoms with E-state index in [1.54, 1.807) is 13.8 Å². The van der Waals surface area contributed by atoms with Crippen molar-refractivity contribution in [2.24, 2.45) is 11.8 Å². The number of carboxylic acid groups (broad SMARTS) is 1. The highest BCUT2D eigenvalue weighted by molar-refractivity contribution is 5.73. The molecule has 0 aromatic carbocycles. The fraction of sp³-hybridized carbons (Fsp3) is 0.846. The molecule has 4 heteroatoms. The highest BCUT2D eigenvalue weighted by Crippen LogP contribution is 2.09. The second-order valence-electron chi connectivity index (χ2n) is 5.09. The van der Waals surface area contributed by atoms with Crippen LogP contribution in [0.15, 0.2) is 0 Å². The van der Waals surface area contributed by atoms with Gasteiger partial charge in [0.2, 0.25) is 5.91 Å². The first-order valence-corrected chi connectivity index (χ1v) is 6.33. The van der Waals surface area contributed by atoms with Crippen molar-refractivity contribution in [3.8, 4) is 0 Å². The highest BCUT2D eigenvalue weighted by Gasteiger charge is 2.12. The molecule has 0 radical (unpaired) electrons. The number of nitrogens with zero attached hydrogens (tertiary/aromatic N) is 1. The molecule has 1 atom stereocenters. The van der Waals surface area contributed by atoms with E-state index in [1.807, 2.05) is 4.90 Å². The van der Waals surface area contributed by atoms with Crippen LogP contribution in [-0.4, -0.2) is 35.0 Å². The van der Waals surface area contributed by atoms with Crippen LogP contribution >= 0.6 is 0 Å². The van der Waals surface area contributed by atoms with Gasteiger partial charge in [0, 0.05) is 20.0 Å². The Morgan fingerprint density at radius 1 is 1.18 bits per heavy atom. The van der Waals surface area contributed by atoms with Crippen molar-refractivity contribution < 1.29 is 14.7 Å². The molecule has 0 aromatic heterocycles. The average molecular weight is 243 g/mol. The van der Waals surface area contributed by atoms with E-state index in [4.69, 9.17) is 5.11 Å². The second-order valence-corrected chi connectivity index (χ2v) is 5.09. The number of hydrogen-bond donors (Lipinski definition) is 1. The van der Waals surface area contributed by atoms with Crippen LogP contribution in [0.3, 0.4) is 0 Å². The van der Waals surface area contributed by atoms with Crippen molar-refractivity contribution in [1.82, 2.24) is 4.90 Å². The molecule has 0 rings (SSSR count). The molecule has 0 heterocycles. The summed E-state index contributed by atoms with van der Waals surface area (Å²) < 4.78 is 0. The molecule has 0 aliphatic carbocycles. The normalized spacial score (nSPS) is 12.5. The molecule has 0 fully saturated rings. The molecule has 1 amide bonds. The number of carbonyl (C=O) groups excluding carboxylic acids is 1. The lowest BCUT2D eigenvalue weighted by atomic mass is 10.0. The van der Waals surface area contributed by atoms with Crippen LogP contribution < -0.4 is 0 Å². The third-order valence-electron chi connectivity index (χ3n) is 2.77. The van der Waals surface area contributed by atoms with Gasteiger partial charge in [0.25, 0.3) is 0 Å². The molecule has 1 N–H and O–H groups in total. The van der Waals surface area contributed by atoms with Crippen molar-refractivity contribution in [2.45, 2.75) is 47.0 Å². The molecule has 100 valence electrons. The zero-order valence-corrected chi connectivity index (χ0v) is 11.4. The molecular formula is C13H25NO3. The van der Waals surface area contributed by atoms with Gasteiger partial charge in [-0.2, -0.15) is 0 Å². The summed E-state index contributed by atoms with van der Waals surface area (Å²) in [7, 11) is 0. The molecule has 0 saturated carbocycles. The smallest absolute Gasteiger partial charge is 0.306 e. The number of carbonyl (C=O) groups is 2. The van der Waals surface area contributed by atoms with Crippen molar-refractivity contribution >= 4 is 11.9 Å². The number of aliphatic carboxylic acids is 1. The largest absolute Gasteiger partial charge is 0.481 e. The zero-order valence-electron chi connectivity index (χ0n) is 11.4. The maximum atomic E-state index is 11.3. The van der Waals surface area contributed by atoms with Gasteiger partial charge < -0.3 is 10.0 Å². The van der Waals surface area contributed by atoms with Crippen LogP contribution in [0.2, 0.25) is 0 Å². The van der Waals surface area contributed by atoms with Gasteiger partial charge in [-0.05, 0) is 18.8 Å². The van der Waals surface area contributed by atoms with E-state index < -0.39 is 5.97 Å². The summed E-state index contributed by atoms with van der Waals surface area (Å²) in [5, 5.41) is 8.73. The number of rotatable bonds is 8. The van der Waals surface area contributed by atoms with Crippen molar-refractivity contribution in [1.29, 1.82) is 0 Å². The molecule has 17 heavy (non-hydrogen) atoms. The summed E-state index contributed by atoms with van der Waals surface area (Å²) in [6, 6.07) is 0. The van der Waals surface area contributed by atoms with Crippen LogP contribution in [0, 0.1) is 11.8 Å². The van der Waals surface area contributed by atoms with Crippen LogP contribution in [0.5, 0.6) is 0 Å². The lowest BCUT2D eigenvalue weighted by molar-refractivity contribution is -0.141. The molecular weight excluding hydrogens is 218 g/mol. The lowest BCUT2D eigenvalue weighted by Gasteiger charge is -2.23. The Morgan fingerprint density at radius 3 is 2.18 bits per heavy atom. The first-order valence-electron chi connectivity index (χ1n) is 6.33. The summed E-state index contributed by atoms with van der Waals surface area (Å²) in [5.41, 5.74) is 0. The summed E-state index contributed by atoms with van der Waals surface area (Å²) in [4.78, 5) is 23.8. The Labute approximate surface area is 104 Å².